The van der Waals surface area contributed by atoms with Crippen molar-refractivity contribution in [3.8, 4) is 0 Å². The van der Waals surface area contributed by atoms with Crippen molar-refractivity contribution in [3.05, 3.63) is 84.3 Å². The third-order valence-corrected chi connectivity index (χ3v) is 4.40. The molecule has 0 aliphatic rings. The molecule has 2 rings (SSSR count). The van der Waals surface area contributed by atoms with Gasteiger partial charge in [-0.2, -0.15) is 0 Å². The third kappa shape index (κ3) is 3.45. The van der Waals surface area contributed by atoms with Crippen LogP contribution in [0.3, 0.4) is 0 Å². The fourth-order valence-corrected chi connectivity index (χ4v) is 3.19. The maximum atomic E-state index is 12.4. The van der Waals surface area contributed by atoms with Crippen molar-refractivity contribution in [2.75, 3.05) is 0 Å². The highest BCUT2D eigenvalue weighted by molar-refractivity contribution is 7.94. The van der Waals surface area contributed by atoms with E-state index in [0.29, 0.717) is 11.3 Å². The Morgan fingerprint density at radius 2 is 1.50 bits per heavy atom. The van der Waals surface area contributed by atoms with Gasteiger partial charge in [-0.3, -0.25) is 0 Å². The molecule has 0 amide bonds. The molecule has 0 heterocycles. The molecule has 2 aromatic rings. The van der Waals surface area contributed by atoms with Crippen LogP contribution in [-0.2, 0) is 9.84 Å². The molecule has 0 bridgehead atoms. The number of rotatable bonds is 5. The van der Waals surface area contributed by atoms with Crippen molar-refractivity contribution in [1.82, 2.24) is 0 Å². The van der Waals surface area contributed by atoms with Crippen LogP contribution in [0, 0.1) is 0 Å². The molecule has 0 aromatic heterocycles. The average molecular weight is 284 g/mol. The van der Waals surface area contributed by atoms with Crippen molar-refractivity contribution >= 4 is 15.4 Å². The number of hydrogen-bond donors (Lipinski definition) is 0. The summed E-state index contributed by atoms with van der Waals surface area (Å²) in [5.74, 6) is 0. The lowest BCUT2D eigenvalue weighted by Gasteiger charge is -2.06. The summed E-state index contributed by atoms with van der Waals surface area (Å²) in [6, 6.07) is 17.9. The van der Waals surface area contributed by atoms with Crippen molar-refractivity contribution in [2.45, 2.75) is 11.3 Å². The average Bonchev–Trinajstić information content (AvgIpc) is 2.48. The zero-order chi connectivity index (χ0) is 14.4. The van der Waals surface area contributed by atoms with Gasteiger partial charge in [-0.15, -0.1) is 6.58 Å². The van der Waals surface area contributed by atoms with Crippen molar-refractivity contribution < 1.29 is 8.42 Å². The molecule has 0 N–H and O–H groups in total. The lowest BCUT2D eigenvalue weighted by Crippen LogP contribution is -1.98. The van der Waals surface area contributed by atoms with Crippen LogP contribution in [-0.4, -0.2) is 8.42 Å². The second-order valence-corrected chi connectivity index (χ2v) is 6.16. The molecular formula is C17H16O2S. The summed E-state index contributed by atoms with van der Waals surface area (Å²) in [5.41, 5.74) is 1.64. The number of allylic oxidation sites excluding steroid dienone is 2. The SMILES string of the molecule is C=CC/C(=C\S(=O)(=O)c1ccccc1)c1ccccc1. The van der Waals surface area contributed by atoms with Crippen LogP contribution in [0.1, 0.15) is 12.0 Å². The van der Waals surface area contributed by atoms with Crippen LogP contribution in [0.5, 0.6) is 0 Å². The van der Waals surface area contributed by atoms with Gasteiger partial charge in [0.15, 0.2) is 9.84 Å². The number of sulfone groups is 1. The molecule has 0 unspecified atom stereocenters. The molecule has 0 aliphatic carbocycles. The largest absolute Gasteiger partial charge is 0.219 e. The van der Waals surface area contributed by atoms with Crippen LogP contribution in [0.4, 0.5) is 0 Å². The van der Waals surface area contributed by atoms with Crippen molar-refractivity contribution in [2.24, 2.45) is 0 Å². The van der Waals surface area contributed by atoms with Crippen LogP contribution in [0.2, 0.25) is 0 Å². The number of hydrogen-bond acceptors (Lipinski definition) is 2. The monoisotopic (exact) mass is 284 g/mol. The van der Waals surface area contributed by atoms with E-state index in [1.165, 1.54) is 5.41 Å². The van der Waals surface area contributed by atoms with Crippen LogP contribution < -0.4 is 0 Å². The van der Waals surface area contributed by atoms with Gasteiger partial charge in [0, 0.05) is 5.41 Å². The van der Waals surface area contributed by atoms with E-state index in [2.05, 4.69) is 6.58 Å². The van der Waals surface area contributed by atoms with E-state index in [0.717, 1.165) is 11.1 Å². The quantitative estimate of drug-likeness (QED) is 0.775. The van der Waals surface area contributed by atoms with Gasteiger partial charge >= 0.3 is 0 Å². The maximum absolute atomic E-state index is 12.4. The van der Waals surface area contributed by atoms with E-state index in [4.69, 9.17) is 0 Å². The first kappa shape index (κ1) is 14.3. The van der Waals surface area contributed by atoms with Gasteiger partial charge in [0.05, 0.1) is 4.90 Å². The zero-order valence-electron chi connectivity index (χ0n) is 11.1. The lowest BCUT2D eigenvalue weighted by molar-refractivity contribution is 0.604. The summed E-state index contributed by atoms with van der Waals surface area (Å²) in [4.78, 5) is 0.303. The highest BCUT2D eigenvalue weighted by Crippen LogP contribution is 2.23. The Balaban J connectivity index is 2.47. The molecule has 0 saturated heterocycles. The van der Waals surface area contributed by atoms with E-state index in [1.807, 2.05) is 30.3 Å². The molecule has 0 aliphatic heterocycles. The summed E-state index contributed by atoms with van der Waals surface area (Å²) < 4.78 is 24.8. The van der Waals surface area contributed by atoms with Gasteiger partial charge in [0.1, 0.15) is 0 Å². The Morgan fingerprint density at radius 1 is 0.950 bits per heavy atom. The first-order chi connectivity index (χ1) is 9.63. The van der Waals surface area contributed by atoms with Crippen molar-refractivity contribution in [1.29, 1.82) is 0 Å². The Morgan fingerprint density at radius 3 is 2.05 bits per heavy atom. The highest BCUT2D eigenvalue weighted by atomic mass is 32.2. The summed E-state index contributed by atoms with van der Waals surface area (Å²) in [5, 5.41) is 1.33. The number of benzene rings is 2. The van der Waals surface area contributed by atoms with Crippen LogP contribution in [0.15, 0.2) is 83.6 Å². The van der Waals surface area contributed by atoms with Crippen molar-refractivity contribution in [3.63, 3.8) is 0 Å². The smallest absolute Gasteiger partial charge is 0.200 e. The molecule has 20 heavy (non-hydrogen) atoms. The lowest BCUT2D eigenvalue weighted by atomic mass is 10.1. The van der Waals surface area contributed by atoms with E-state index >= 15 is 0 Å². The highest BCUT2D eigenvalue weighted by Gasteiger charge is 2.12. The van der Waals surface area contributed by atoms with E-state index in [-0.39, 0.29) is 0 Å². The first-order valence-corrected chi connectivity index (χ1v) is 7.85. The minimum atomic E-state index is -3.44. The van der Waals surface area contributed by atoms with Crippen LogP contribution >= 0.6 is 0 Å². The Hall–Kier alpha value is -2.13. The Kier molecular flexibility index (Phi) is 4.53. The molecule has 0 atom stereocenters. The van der Waals surface area contributed by atoms with Gasteiger partial charge in [-0.25, -0.2) is 8.42 Å². The normalized spacial score (nSPS) is 12.1. The fraction of sp³-hybridized carbons (Fsp3) is 0.0588. The molecule has 2 aromatic carbocycles. The summed E-state index contributed by atoms with van der Waals surface area (Å²) >= 11 is 0. The minimum absolute atomic E-state index is 0.303. The molecular weight excluding hydrogens is 268 g/mol. The van der Waals surface area contributed by atoms with Gasteiger partial charge < -0.3 is 0 Å². The molecule has 0 fully saturated rings. The Labute approximate surface area is 120 Å². The zero-order valence-corrected chi connectivity index (χ0v) is 11.9. The maximum Gasteiger partial charge on any atom is 0.200 e. The van der Waals surface area contributed by atoms with Gasteiger partial charge in [0.25, 0.3) is 0 Å². The molecule has 2 nitrogen and oxygen atoms in total. The predicted molar refractivity (Wildman–Crippen MR) is 82.9 cm³/mol. The summed E-state index contributed by atoms with van der Waals surface area (Å²) in [6.45, 7) is 3.69. The molecule has 0 saturated carbocycles. The molecule has 0 spiro atoms. The van der Waals surface area contributed by atoms with E-state index in [1.54, 1.807) is 36.4 Å². The summed E-state index contributed by atoms with van der Waals surface area (Å²) in [7, 11) is -3.44. The van der Waals surface area contributed by atoms with Gasteiger partial charge in [-0.05, 0) is 29.7 Å². The fourth-order valence-electron chi connectivity index (χ4n) is 1.91. The topological polar surface area (TPSA) is 34.1 Å². The minimum Gasteiger partial charge on any atom is -0.219 e. The first-order valence-electron chi connectivity index (χ1n) is 6.30. The molecule has 0 radical (unpaired) electrons. The summed E-state index contributed by atoms with van der Waals surface area (Å²) in [6.07, 6.45) is 2.22. The Bertz CT molecular complexity index is 699. The van der Waals surface area contributed by atoms with E-state index < -0.39 is 9.84 Å². The second-order valence-electron chi connectivity index (χ2n) is 4.36. The molecule has 3 heteroatoms. The standard InChI is InChI=1S/C17H16O2S/c1-2-9-16(15-10-5-3-6-11-15)14-20(18,19)17-12-7-4-8-13-17/h2-8,10-14H,1,9H2/b16-14+. The van der Waals surface area contributed by atoms with Gasteiger partial charge in [0.2, 0.25) is 0 Å². The second kappa shape index (κ2) is 6.35. The molecule has 102 valence electrons. The van der Waals surface area contributed by atoms with Gasteiger partial charge in [-0.1, -0.05) is 54.6 Å². The predicted octanol–water partition coefficient (Wildman–Crippen LogP) is 4.08. The van der Waals surface area contributed by atoms with E-state index in [9.17, 15) is 8.42 Å². The third-order valence-electron chi connectivity index (χ3n) is 2.88. The van der Waals surface area contributed by atoms with Crippen LogP contribution in [0.25, 0.3) is 5.57 Å².